The second-order valence-electron chi connectivity index (χ2n) is 6.27. The Morgan fingerprint density at radius 1 is 1.05 bits per heavy atom. The average molecular weight is 298 g/mol. The number of carboxylic acid groups (broad SMARTS) is 1. The molecule has 0 saturated heterocycles. The average Bonchev–Trinajstić information content (AvgIpc) is 2.50. The zero-order valence-corrected chi connectivity index (χ0v) is 13.6. The van der Waals surface area contributed by atoms with Gasteiger partial charge < -0.3 is 15.7 Å². The molecule has 0 spiro atoms. The minimum absolute atomic E-state index is 0.111. The zero-order valence-electron chi connectivity index (χ0n) is 13.6. The van der Waals surface area contributed by atoms with Gasteiger partial charge in [-0.1, -0.05) is 20.8 Å². The lowest BCUT2D eigenvalue weighted by atomic mass is 9.80. The van der Waals surface area contributed by atoms with Crippen LogP contribution in [0.3, 0.4) is 0 Å². The molecule has 122 valence electrons. The lowest BCUT2D eigenvalue weighted by Gasteiger charge is -2.31. The van der Waals surface area contributed by atoms with Crippen molar-refractivity contribution in [2.24, 2.45) is 11.3 Å². The molecule has 5 heteroatoms. The van der Waals surface area contributed by atoms with Crippen LogP contribution in [0.15, 0.2) is 0 Å². The summed E-state index contributed by atoms with van der Waals surface area (Å²) in [5.41, 5.74) is 0.193. The minimum atomic E-state index is -0.712. The van der Waals surface area contributed by atoms with Crippen LogP contribution in [0.2, 0.25) is 0 Å². The molecule has 0 aromatic carbocycles. The van der Waals surface area contributed by atoms with Crippen molar-refractivity contribution in [2.75, 3.05) is 6.54 Å². The maximum atomic E-state index is 12.0. The van der Waals surface area contributed by atoms with E-state index in [4.69, 9.17) is 5.11 Å². The molecule has 0 aliphatic heterocycles. The summed E-state index contributed by atoms with van der Waals surface area (Å²) in [6.45, 7) is 7.20. The SMILES string of the molecule is CCC(CC)(CC)CNC(=O)NC1CCC(C(=O)O)CC1. The first-order chi connectivity index (χ1) is 9.96. The van der Waals surface area contributed by atoms with Crippen LogP contribution >= 0.6 is 0 Å². The molecule has 5 nitrogen and oxygen atoms in total. The Hall–Kier alpha value is -1.26. The van der Waals surface area contributed by atoms with Crippen LogP contribution in [0.25, 0.3) is 0 Å². The highest BCUT2D eigenvalue weighted by molar-refractivity contribution is 5.74. The Morgan fingerprint density at radius 3 is 2.00 bits per heavy atom. The molecule has 0 bridgehead atoms. The summed E-state index contributed by atoms with van der Waals surface area (Å²) in [4.78, 5) is 22.9. The predicted octanol–water partition coefficient (Wildman–Crippen LogP) is 3.15. The van der Waals surface area contributed by atoms with Gasteiger partial charge in [-0.3, -0.25) is 4.79 Å². The first kappa shape index (κ1) is 17.8. The molecule has 1 fully saturated rings. The van der Waals surface area contributed by atoms with E-state index < -0.39 is 5.97 Å². The third kappa shape index (κ3) is 5.21. The van der Waals surface area contributed by atoms with E-state index in [1.165, 1.54) is 0 Å². The van der Waals surface area contributed by atoms with Crippen molar-refractivity contribution in [3.63, 3.8) is 0 Å². The van der Waals surface area contributed by atoms with Gasteiger partial charge in [-0.2, -0.15) is 0 Å². The first-order valence-corrected chi connectivity index (χ1v) is 8.23. The van der Waals surface area contributed by atoms with Crippen LogP contribution < -0.4 is 10.6 Å². The molecule has 3 N–H and O–H groups in total. The number of carboxylic acids is 1. The molecule has 1 aliphatic rings. The highest BCUT2D eigenvalue weighted by Crippen LogP contribution is 2.29. The van der Waals surface area contributed by atoms with Crippen molar-refractivity contribution >= 4 is 12.0 Å². The Morgan fingerprint density at radius 2 is 1.57 bits per heavy atom. The van der Waals surface area contributed by atoms with E-state index in [0.717, 1.165) is 32.1 Å². The predicted molar refractivity (Wildman–Crippen MR) is 83.2 cm³/mol. The second kappa shape index (κ2) is 8.25. The maximum absolute atomic E-state index is 12.0. The summed E-state index contributed by atoms with van der Waals surface area (Å²) >= 11 is 0. The third-order valence-corrected chi connectivity index (χ3v) is 5.29. The number of rotatable bonds is 7. The van der Waals surface area contributed by atoms with E-state index in [2.05, 4.69) is 31.4 Å². The molecule has 2 amide bonds. The van der Waals surface area contributed by atoms with E-state index in [9.17, 15) is 9.59 Å². The smallest absolute Gasteiger partial charge is 0.315 e. The standard InChI is InChI=1S/C16H30N2O3/c1-4-16(5-2,6-3)11-17-15(21)18-13-9-7-12(8-10-13)14(19)20/h12-13H,4-11H2,1-3H3,(H,19,20)(H2,17,18,21). The van der Waals surface area contributed by atoms with Gasteiger partial charge >= 0.3 is 12.0 Å². The molecule has 1 rings (SSSR count). The van der Waals surface area contributed by atoms with Gasteiger partial charge in [0.2, 0.25) is 0 Å². The van der Waals surface area contributed by atoms with Crippen molar-refractivity contribution < 1.29 is 14.7 Å². The van der Waals surface area contributed by atoms with Gasteiger partial charge in [0, 0.05) is 12.6 Å². The largest absolute Gasteiger partial charge is 0.481 e. The first-order valence-electron chi connectivity index (χ1n) is 8.23. The van der Waals surface area contributed by atoms with Crippen LogP contribution in [0.5, 0.6) is 0 Å². The summed E-state index contributed by atoms with van der Waals surface area (Å²) in [5.74, 6) is -0.949. The number of carbonyl (C=O) groups is 2. The Bertz CT molecular complexity index is 337. The van der Waals surface area contributed by atoms with E-state index in [1.54, 1.807) is 0 Å². The van der Waals surface area contributed by atoms with Gasteiger partial charge in [0.05, 0.1) is 5.92 Å². The van der Waals surface area contributed by atoms with Crippen LogP contribution in [0.4, 0.5) is 4.79 Å². The fraction of sp³-hybridized carbons (Fsp3) is 0.875. The van der Waals surface area contributed by atoms with E-state index in [1.807, 2.05) is 0 Å². The van der Waals surface area contributed by atoms with Crippen molar-refractivity contribution in [1.29, 1.82) is 0 Å². The van der Waals surface area contributed by atoms with Gasteiger partial charge in [0.15, 0.2) is 0 Å². The highest BCUT2D eigenvalue weighted by Gasteiger charge is 2.28. The van der Waals surface area contributed by atoms with Crippen molar-refractivity contribution in [3.05, 3.63) is 0 Å². The fourth-order valence-corrected chi connectivity index (χ4v) is 3.11. The topological polar surface area (TPSA) is 78.4 Å². The number of carbonyl (C=O) groups excluding carboxylic acids is 1. The molecular weight excluding hydrogens is 268 g/mol. The number of amides is 2. The fourth-order valence-electron chi connectivity index (χ4n) is 3.11. The second-order valence-corrected chi connectivity index (χ2v) is 6.27. The molecule has 1 saturated carbocycles. The maximum Gasteiger partial charge on any atom is 0.315 e. The van der Waals surface area contributed by atoms with Crippen molar-refractivity contribution in [1.82, 2.24) is 10.6 Å². The van der Waals surface area contributed by atoms with Gasteiger partial charge in [0.1, 0.15) is 0 Å². The lowest BCUT2D eigenvalue weighted by Crippen LogP contribution is -2.47. The Labute approximate surface area is 127 Å². The molecule has 0 unspecified atom stereocenters. The molecule has 0 heterocycles. The van der Waals surface area contributed by atoms with Gasteiger partial charge in [-0.15, -0.1) is 0 Å². The number of aliphatic carboxylic acids is 1. The lowest BCUT2D eigenvalue weighted by molar-refractivity contribution is -0.142. The molecule has 1 aliphatic carbocycles. The normalized spacial score (nSPS) is 22.6. The molecule has 0 aromatic rings. The van der Waals surface area contributed by atoms with Crippen LogP contribution in [-0.4, -0.2) is 29.7 Å². The van der Waals surface area contributed by atoms with E-state index in [0.29, 0.717) is 19.4 Å². The number of nitrogens with one attached hydrogen (secondary N) is 2. The van der Waals surface area contributed by atoms with Gasteiger partial charge in [-0.05, 0) is 50.4 Å². The summed E-state index contributed by atoms with van der Waals surface area (Å²) < 4.78 is 0. The van der Waals surface area contributed by atoms with Crippen LogP contribution in [0, 0.1) is 11.3 Å². The Balaban J connectivity index is 2.33. The highest BCUT2D eigenvalue weighted by atomic mass is 16.4. The molecular formula is C16H30N2O3. The van der Waals surface area contributed by atoms with Crippen molar-refractivity contribution in [2.45, 2.75) is 71.8 Å². The van der Waals surface area contributed by atoms with Crippen molar-refractivity contribution in [3.8, 4) is 0 Å². The van der Waals surface area contributed by atoms with Crippen LogP contribution in [-0.2, 0) is 4.79 Å². The molecule has 0 radical (unpaired) electrons. The third-order valence-electron chi connectivity index (χ3n) is 5.29. The zero-order chi connectivity index (χ0) is 15.9. The molecule has 0 aromatic heterocycles. The quantitative estimate of drug-likeness (QED) is 0.675. The summed E-state index contributed by atoms with van der Waals surface area (Å²) in [7, 11) is 0. The number of urea groups is 1. The van der Waals surface area contributed by atoms with Gasteiger partial charge in [0.25, 0.3) is 0 Å². The van der Waals surface area contributed by atoms with E-state index >= 15 is 0 Å². The minimum Gasteiger partial charge on any atom is -0.481 e. The molecule has 21 heavy (non-hydrogen) atoms. The summed E-state index contributed by atoms with van der Waals surface area (Å²) in [6.07, 6.45) is 6.00. The summed E-state index contributed by atoms with van der Waals surface area (Å²) in [6, 6.07) is -0.00613. The van der Waals surface area contributed by atoms with Crippen LogP contribution in [0.1, 0.15) is 65.7 Å². The molecule has 0 atom stereocenters. The Kier molecular flexibility index (Phi) is 6.99. The number of hydrogen-bond acceptors (Lipinski definition) is 2. The monoisotopic (exact) mass is 298 g/mol. The summed E-state index contributed by atoms with van der Waals surface area (Å²) in [5, 5.41) is 14.9. The van der Waals surface area contributed by atoms with E-state index in [-0.39, 0.29) is 23.4 Å². The number of hydrogen-bond donors (Lipinski definition) is 3. The van der Waals surface area contributed by atoms with Gasteiger partial charge in [-0.25, -0.2) is 4.79 Å².